The van der Waals surface area contributed by atoms with Gasteiger partial charge in [0.15, 0.2) is 0 Å². The number of aromatic nitrogens is 2. The van der Waals surface area contributed by atoms with Crippen LogP contribution < -0.4 is 19.8 Å². The number of rotatable bonds is 9. The van der Waals surface area contributed by atoms with Crippen molar-refractivity contribution in [3.05, 3.63) is 78.6 Å². The van der Waals surface area contributed by atoms with Crippen molar-refractivity contribution >= 4 is 33.5 Å². The van der Waals surface area contributed by atoms with Crippen molar-refractivity contribution in [3.8, 4) is 0 Å². The molecule has 1 amide bonds. The normalized spacial score (nSPS) is 16.7. The van der Waals surface area contributed by atoms with Crippen LogP contribution in [0.4, 0.5) is 11.6 Å². The molecule has 2 aromatic carbocycles. The summed E-state index contributed by atoms with van der Waals surface area (Å²) in [6.07, 6.45) is 3.45. The quantitative estimate of drug-likeness (QED) is 0.378. The van der Waals surface area contributed by atoms with Crippen molar-refractivity contribution in [3.63, 3.8) is 0 Å². The average molecular weight is 525 g/mol. The summed E-state index contributed by atoms with van der Waals surface area (Å²) in [7, 11) is -4.06. The van der Waals surface area contributed by atoms with Gasteiger partial charge >= 0.3 is 5.97 Å². The number of hydrogen-bond donors (Lipinski definition) is 3. The first-order valence-corrected chi connectivity index (χ1v) is 13.2. The second kappa shape index (κ2) is 11.4. The van der Waals surface area contributed by atoms with Crippen molar-refractivity contribution in [2.24, 2.45) is 0 Å². The Bertz CT molecular complexity index is 1320. The summed E-state index contributed by atoms with van der Waals surface area (Å²) >= 11 is 0. The molecule has 194 valence electrons. The fourth-order valence-electron chi connectivity index (χ4n) is 4.08. The Labute approximate surface area is 215 Å². The van der Waals surface area contributed by atoms with E-state index < -0.39 is 34.5 Å². The summed E-state index contributed by atoms with van der Waals surface area (Å²) in [6, 6.07) is 14.9. The number of hydrogen-bond acceptors (Lipinski definition) is 8. The van der Waals surface area contributed by atoms with Gasteiger partial charge < -0.3 is 20.2 Å². The Hall–Kier alpha value is -4.03. The number of anilines is 2. The monoisotopic (exact) mass is 524 g/mol. The van der Waals surface area contributed by atoms with Crippen molar-refractivity contribution in [2.45, 2.75) is 23.9 Å². The van der Waals surface area contributed by atoms with Crippen molar-refractivity contribution in [1.82, 2.24) is 20.0 Å². The van der Waals surface area contributed by atoms with Crippen LogP contribution in [0.15, 0.2) is 78.0 Å². The lowest BCUT2D eigenvalue weighted by Gasteiger charge is -2.41. The molecule has 0 spiro atoms. The molecule has 11 nitrogen and oxygen atoms in total. The summed E-state index contributed by atoms with van der Waals surface area (Å²) < 4.78 is 27.1. The Morgan fingerprint density at radius 2 is 1.70 bits per heavy atom. The van der Waals surface area contributed by atoms with Gasteiger partial charge in [-0.05, 0) is 49.4 Å². The second-order valence-electron chi connectivity index (χ2n) is 8.62. The highest BCUT2D eigenvalue weighted by Crippen LogP contribution is 2.22. The topological polar surface area (TPSA) is 145 Å². The molecule has 37 heavy (non-hydrogen) atoms. The van der Waals surface area contributed by atoms with E-state index in [9.17, 15) is 23.1 Å². The number of carbonyl (C=O) groups excluding carboxylic acids is 1. The minimum atomic E-state index is -4.06. The third-order valence-corrected chi connectivity index (χ3v) is 7.53. The third-order valence-electron chi connectivity index (χ3n) is 6.05. The highest BCUT2D eigenvalue weighted by molar-refractivity contribution is 7.89. The molecule has 3 N–H and O–H groups in total. The predicted octanol–water partition coefficient (Wildman–Crippen LogP) is 1.35. The lowest BCUT2D eigenvalue weighted by molar-refractivity contribution is -0.138. The van der Waals surface area contributed by atoms with Crippen LogP contribution >= 0.6 is 0 Å². The number of carboxylic acids is 1. The van der Waals surface area contributed by atoms with Crippen LogP contribution in [0.2, 0.25) is 0 Å². The molecular formula is C25H28N6O5S. The number of nitrogens with one attached hydrogen (secondary N) is 2. The standard InChI is InChI=1S/C25H28N6O5S/c1-18-17-30(14-15-31(18)25-26-12-5-13-27-25)20-10-8-19(9-11-20)23(32)28-16-22(24(33)34)29-37(35,36)21-6-3-2-4-7-21/h2-13,18,22,29H,14-17H2,1H3,(H,28,32)(H,33,34)/t18?,22-/m0/s1. The Kier molecular flexibility index (Phi) is 7.99. The molecule has 1 aromatic heterocycles. The molecule has 0 bridgehead atoms. The maximum Gasteiger partial charge on any atom is 0.323 e. The second-order valence-corrected chi connectivity index (χ2v) is 10.3. The van der Waals surface area contributed by atoms with E-state index in [1.807, 2.05) is 12.1 Å². The SMILES string of the molecule is CC1CN(c2ccc(C(=O)NC[C@H](NS(=O)(=O)c3ccccc3)C(=O)O)cc2)CCN1c1ncccn1. The zero-order valence-corrected chi connectivity index (χ0v) is 21.0. The van der Waals surface area contributed by atoms with E-state index in [2.05, 4.69) is 36.7 Å². The number of nitrogens with zero attached hydrogens (tertiary/aromatic N) is 4. The van der Waals surface area contributed by atoms with E-state index in [4.69, 9.17) is 0 Å². The largest absolute Gasteiger partial charge is 0.480 e. The van der Waals surface area contributed by atoms with Crippen LogP contribution in [-0.2, 0) is 14.8 Å². The van der Waals surface area contributed by atoms with Gasteiger partial charge in [-0.25, -0.2) is 18.4 Å². The first kappa shape index (κ1) is 26.0. The summed E-state index contributed by atoms with van der Waals surface area (Å²) in [4.78, 5) is 37.2. The highest BCUT2D eigenvalue weighted by atomic mass is 32.2. The number of aliphatic carboxylic acids is 1. The molecule has 4 rings (SSSR count). The summed E-state index contributed by atoms with van der Waals surface area (Å²) in [6.45, 7) is 3.96. The van der Waals surface area contributed by atoms with Gasteiger partial charge in [0, 0.05) is 55.9 Å². The molecule has 2 atom stereocenters. The van der Waals surface area contributed by atoms with Gasteiger partial charge in [-0.15, -0.1) is 0 Å². The maximum atomic E-state index is 12.6. The van der Waals surface area contributed by atoms with Crippen LogP contribution in [0.5, 0.6) is 0 Å². The fourth-order valence-corrected chi connectivity index (χ4v) is 5.29. The Morgan fingerprint density at radius 3 is 2.32 bits per heavy atom. The fraction of sp³-hybridized carbons (Fsp3) is 0.280. The molecule has 1 fully saturated rings. The summed E-state index contributed by atoms with van der Waals surface area (Å²) in [5.41, 5.74) is 1.29. The van der Waals surface area contributed by atoms with Gasteiger partial charge in [0.25, 0.3) is 5.91 Å². The number of benzene rings is 2. The van der Waals surface area contributed by atoms with Crippen LogP contribution in [0.1, 0.15) is 17.3 Å². The molecule has 0 saturated carbocycles. The van der Waals surface area contributed by atoms with Crippen molar-refractivity contribution in [2.75, 3.05) is 36.0 Å². The van der Waals surface area contributed by atoms with Crippen LogP contribution in [0, 0.1) is 0 Å². The average Bonchev–Trinajstić information content (AvgIpc) is 2.91. The molecule has 1 aliphatic heterocycles. The van der Waals surface area contributed by atoms with Gasteiger partial charge in [-0.1, -0.05) is 18.2 Å². The molecule has 0 aliphatic carbocycles. The van der Waals surface area contributed by atoms with E-state index in [-0.39, 0.29) is 10.9 Å². The van der Waals surface area contributed by atoms with Gasteiger partial charge in [0.05, 0.1) is 4.90 Å². The molecule has 12 heteroatoms. The number of carboxylic acid groups (broad SMARTS) is 1. The van der Waals surface area contributed by atoms with E-state index in [1.54, 1.807) is 36.7 Å². The first-order valence-electron chi connectivity index (χ1n) is 11.7. The Balaban J connectivity index is 1.34. The highest BCUT2D eigenvalue weighted by Gasteiger charge is 2.27. The number of amides is 1. The van der Waals surface area contributed by atoms with Gasteiger partial charge in [0.2, 0.25) is 16.0 Å². The molecule has 1 aliphatic rings. The van der Waals surface area contributed by atoms with Gasteiger partial charge in [-0.2, -0.15) is 4.72 Å². The smallest absolute Gasteiger partial charge is 0.323 e. The van der Waals surface area contributed by atoms with Crippen molar-refractivity contribution in [1.29, 1.82) is 0 Å². The molecular weight excluding hydrogens is 496 g/mol. The predicted molar refractivity (Wildman–Crippen MR) is 138 cm³/mol. The van der Waals surface area contributed by atoms with Crippen LogP contribution in [-0.4, -0.2) is 73.6 Å². The number of sulfonamides is 1. The lowest BCUT2D eigenvalue weighted by atomic mass is 10.1. The van der Waals surface area contributed by atoms with Crippen molar-refractivity contribution < 1.29 is 23.1 Å². The van der Waals surface area contributed by atoms with E-state index in [0.717, 1.165) is 25.3 Å². The van der Waals surface area contributed by atoms with Crippen LogP contribution in [0.3, 0.4) is 0 Å². The van der Waals surface area contributed by atoms with E-state index >= 15 is 0 Å². The zero-order chi connectivity index (χ0) is 26.4. The van der Waals surface area contributed by atoms with E-state index in [1.165, 1.54) is 24.3 Å². The number of piperazine rings is 1. The molecule has 0 radical (unpaired) electrons. The van der Waals surface area contributed by atoms with Gasteiger partial charge in [0.1, 0.15) is 6.04 Å². The molecule has 1 unspecified atom stereocenters. The summed E-state index contributed by atoms with van der Waals surface area (Å²) in [5, 5.41) is 12.0. The first-order chi connectivity index (χ1) is 17.7. The molecule has 1 saturated heterocycles. The zero-order valence-electron chi connectivity index (χ0n) is 20.2. The minimum absolute atomic E-state index is 0.0605. The van der Waals surface area contributed by atoms with E-state index in [0.29, 0.717) is 11.5 Å². The Morgan fingerprint density at radius 1 is 1.03 bits per heavy atom. The van der Waals surface area contributed by atoms with Crippen LogP contribution in [0.25, 0.3) is 0 Å². The summed E-state index contributed by atoms with van der Waals surface area (Å²) in [5.74, 6) is -1.20. The molecule has 3 aromatic rings. The van der Waals surface area contributed by atoms with Gasteiger partial charge in [-0.3, -0.25) is 9.59 Å². The maximum absolute atomic E-state index is 12.6. The third kappa shape index (κ3) is 6.40. The minimum Gasteiger partial charge on any atom is -0.480 e. The lowest BCUT2D eigenvalue weighted by Crippen LogP contribution is -2.52. The number of carbonyl (C=O) groups is 2. The molecule has 2 heterocycles.